The van der Waals surface area contributed by atoms with Crippen molar-refractivity contribution < 1.29 is 9.18 Å². The Morgan fingerprint density at radius 1 is 1.31 bits per heavy atom. The lowest BCUT2D eigenvalue weighted by Gasteiger charge is -2.22. The van der Waals surface area contributed by atoms with E-state index in [0.29, 0.717) is 30.7 Å². The third-order valence-electron chi connectivity index (χ3n) is 4.65. The first kappa shape index (κ1) is 20.6. The number of rotatable bonds is 6. The van der Waals surface area contributed by atoms with Gasteiger partial charge in [0.1, 0.15) is 5.82 Å². The van der Waals surface area contributed by atoms with Crippen LogP contribution in [0.25, 0.3) is 0 Å². The first-order valence-corrected chi connectivity index (χ1v) is 9.77. The van der Waals surface area contributed by atoms with Gasteiger partial charge in [0.15, 0.2) is 5.11 Å². The number of amides is 1. The molecule has 0 spiro atoms. The van der Waals surface area contributed by atoms with Crippen LogP contribution in [0.3, 0.4) is 0 Å². The third kappa shape index (κ3) is 5.66. The molecule has 6 heteroatoms. The SMILES string of the molecule is CC(C)CCNC(=O)[C@@H]1CN(C(=S)NC(C)C)C[C@@H]1c1cccc(F)c1. The average molecular weight is 380 g/mol. The maximum atomic E-state index is 13.7. The quantitative estimate of drug-likeness (QED) is 0.745. The Hall–Kier alpha value is -1.69. The summed E-state index contributed by atoms with van der Waals surface area (Å²) in [6.45, 7) is 10.2. The summed E-state index contributed by atoms with van der Waals surface area (Å²) in [4.78, 5) is 14.8. The van der Waals surface area contributed by atoms with Crippen molar-refractivity contribution in [2.24, 2.45) is 11.8 Å². The van der Waals surface area contributed by atoms with E-state index in [4.69, 9.17) is 12.2 Å². The molecule has 0 saturated carbocycles. The molecule has 26 heavy (non-hydrogen) atoms. The Bertz CT molecular complexity index is 635. The molecule has 4 nitrogen and oxygen atoms in total. The van der Waals surface area contributed by atoms with E-state index in [9.17, 15) is 9.18 Å². The van der Waals surface area contributed by atoms with Gasteiger partial charge in [-0.1, -0.05) is 26.0 Å². The zero-order chi connectivity index (χ0) is 19.3. The predicted molar refractivity (Wildman–Crippen MR) is 108 cm³/mol. The van der Waals surface area contributed by atoms with Crippen molar-refractivity contribution in [2.45, 2.75) is 46.1 Å². The van der Waals surface area contributed by atoms with Gasteiger partial charge in [0.25, 0.3) is 0 Å². The summed E-state index contributed by atoms with van der Waals surface area (Å²) in [5.74, 6) is -0.0256. The van der Waals surface area contributed by atoms with Gasteiger partial charge in [-0.25, -0.2) is 4.39 Å². The highest BCUT2D eigenvalue weighted by Gasteiger charge is 2.39. The number of carbonyl (C=O) groups excluding carboxylic acids is 1. The van der Waals surface area contributed by atoms with Crippen LogP contribution in [0, 0.1) is 17.7 Å². The highest BCUT2D eigenvalue weighted by molar-refractivity contribution is 7.80. The van der Waals surface area contributed by atoms with Crippen LogP contribution < -0.4 is 10.6 Å². The molecular weight excluding hydrogens is 349 g/mol. The molecule has 144 valence electrons. The molecule has 1 amide bonds. The Morgan fingerprint density at radius 3 is 2.65 bits per heavy atom. The second-order valence-electron chi connectivity index (χ2n) is 7.75. The van der Waals surface area contributed by atoms with E-state index in [1.807, 2.05) is 24.8 Å². The first-order chi connectivity index (χ1) is 12.3. The lowest BCUT2D eigenvalue weighted by molar-refractivity contribution is -0.124. The zero-order valence-electron chi connectivity index (χ0n) is 16.1. The summed E-state index contributed by atoms with van der Waals surface area (Å²) < 4.78 is 13.7. The van der Waals surface area contributed by atoms with E-state index in [1.165, 1.54) is 12.1 Å². The predicted octanol–water partition coefficient (Wildman–Crippen LogP) is 3.29. The number of hydrogen-bond donors (Lipinski definition) is 2. The molecule has 1 heterocycles. The van der Waals surface area contributed by atoms with Crippen LogP contribution in [0.5, 0.6) is 0 Å². The number of halogens is 1. The van der Waals surface area contributed by atoms with Gasteiger partial charge in [-0.15, -0.1) is 0 Å². The molecule has 2 N–H and O–H groups in total. The van der Waals surface area contributed by atoms with E-state index >= 15 is 0 Å². The first-order valence-electron chi connectivity index (χ1n) is 9.36. The Kier molecular flexibility index (Phi) is 7.38. The molecule has 1 saturated heterocycles. The van der Waals surface area contributed by atoms with Gasteiger partial charge in [-0.05, 0) is 56.1 Å². The lowest BCUT2D eigenvalue weighted by Crippen LogP contribution is -2.42. The van der Waals surface area contributed by atoms with Crippen molar-refractivity contribution in [1.29, 1.82) is 0 Å². The van der Waals surface area contributed by atoms with Crippen LogP contribution in [0.15, 0.2) is 24.3 Å². The Morgan fingerprint density at radius 2 is 2.04 bits per heavy atom. The fourth-order valence-electron chi connectivity index (χ4n) is 3.26. The highest BCUT2D eigenvalue weighted by Crippen LogP contribution is 2.33. The zero-order valence-corrected chi connectivity index (χ0v) is 16.9. The van der Waals surface area contributed by atoms with Gasteiger partial charge < -0.3 is 15.5 Å². The van der Waals surface area contributed by atoms with Gasteiger partial charge in [0.05, 0.1) is 5.92 Å². The molecule has 1 aromatic rings. The number of likely N-dealkylation sites (tertiary alicyclic amines) is 1. The van der Waals surface area contributed by atoms with E-state index in [2.05, 4.69) is 24.5 Å². The minimum atomic E-state index is -0.275. The largest absolute Gasteiger partial charge is 0.360 e. The molecule has 0 unspecified atom stereocenters. The smallest absolute Gasteiger partial charge is 0.225 e. The summed E-state index contributed by atoms with van der Waals surface area (Å²) in [5, 5.41) is 6.94. The minimum absolute atomic E-state index is 0.0229. The molecule has 0 aliphatic carbocycles. The fraction of sp³-hybridized carbons (Fsp3) is 0.600. The van der Waals surface area contributed by atoms with Crippen molar-refractivity contribution in [2.75, 3.05) is 19.6 Å². The molecule has 1 fully saturated rings. The topological polar surface area (TPSA) is 44.4 Å². The molecule has 0 radical (unpaired) electrons. The molecule has 2 rings (SSSR count). The van der Waals surface area contributed by atoms with E-state index in [1.54, 1.807) is 6.07 Å². The lowest BCUT2D eigenvalue weighted by atomic mass is 9.88. The summed E-state index contributed by atoms with van der Waals surface area (Å²) in [7, 11) is 0. The Balaban J connectivity index is 2.14. The molecule has 2 atom stereocenters. The molecule has 1 aliphatic heterocycles. The Labute approximate surface area is 161 Å². The van der Waals surface area contributed by atoms with Crippen molar-refractivity contribution in [1.82, 2.24) is 15.5 Å². The van der Waals surface area contributed by atoms with Crippen LogP contribution in [0.4, 0.5) is 4.39 Å². The summed E-state index contributed by atoms with van der Waals surface area (Å²) in [5.41, 5.74) is 0.851. The second kappa shape index (κ2) is 9.31. The van der Waals surface area contributed by atoms with Crippen LogP contribution in [-0.2, 0) is 4.79 Å². The summed E-state index contributed by atoms with van der Waals surface area (Å²) in [6, 6.07) is 6.78. The van der Waals surface area contributed by atoms with Crippen LogP contribution >= 0.6 is 12.2 Å². The molecule has 0 aromatic heterocycles. The molecule has 1 aliphatic rings. The third-order valence-corrected chi connectivity index (χ3v) is 5.03. The second-order valence-corrected chi connectivity index (χ2v) is 8.14. The van der Waals surface area contributed by atoms with E-state index < -0.39 is 0 Å². The maximum absolute atomic E-state index is 13.7. The van der Waals surface area contributed by atoms with E-state index in [-0.39, 0.29) is 29.6 Å². The van der Waals surface area contributed by atoms with Gasteiger partial charge in [0.2, 0.25) is 5.91 Å². The van der Waals surface area contributed by atoms with Gasteiger partial charge >= 0.3 is 0 Å². The number of nitrogens with zero attached hydrogens (tertiary/aromatic N) is 1. The van der Waals surface area contributed by atoms with Crippen molar-refractivity contribution >= 4 is 23.2 Å². The maximum Gasteiger partial charge on any atom is 0.225 e. The number of carbonyl (C=O) groups is 1. The van der Waals surface area contributed by atoms with E-state index in [0.717, 1.165) is 12.0 Å². The molecule has 0 bridgehead atoms. The normalized spacial score (nSPS) is 19.9. The fourth-order valence-corrected chi connectivity index (χ4v) is 3.65. The van der Waals surface area contributed by atoms with Crippen molar-refractivity contribution in [3.63, 3.8) is 0 Å². The van der Waals surface area contributed by atoms with Crippen LogP contribution in [0.2, 0.25) is 0 Å². The van der Waals surface area contributed by atoms with Crippen molar-refractivity contribution in [3.8, 4) is 0 Å². The summed E-state index contributed by atoms with van der Waals surface area (Å²) in [6.07, 6.45) is 0.945. The average Bonchev–Trinajstić information content (AvgIpc) is 2.99. The van der Waals surface area contributed by atoms with Crippen LogP contribution in [0.1, 0.15) is 45.6 Å². The summed E-state index contributed by atoms with van der Waals surface area (Å²) >= 11 is 5.49. The van der Waals surface area contributed by atoms with Gasteiger partial charge in [-0.3, -0.25) is 4.79 Å². The van der Waals surface area contributed by atoms with Gasteiger partial charge in [0, 0.05) is 31.6 Å². The van der Waals surface area contributed by atoms with Crippen molar-refractivity contribution in [3.05, 3.63) is 35.6 Å². The molecular formula is C20H30FN3OS. The minimum Gasteiger partial charge on any atom is -0.360 e. The van der Waals surface area contributed by atoms with Gasteiger partial charge in [-0.2, -0.15) is 0 Å². The number of hydrogen-bond acceptors (Lipinski definition) is 2. The number of benzene rings is 1. The van der Waals surface area contributed by atoms with Crippen LogP contribution in [-0.4, -0.2) is 41.6 Å². The number of thiocarbonyl (C=S) groups is 1. The monoisotopic (exact) mass is 379 g/mol. The number of nitrogens with one attached hydrogen (secondary N) is 2. The highest BCUT2D eigenvalue weighted by atomic mass is 32.1. The molecule has 1 aromatic carbocycles. The standard InChI is InChI=1S/C20H30FN3OS/c1-13(2)8-9-22-19(25)18-12-24(20(26)23-14(3)4)11-17(18)15-6-5-7-16(21)10-15/h5-7,10,13-14,17-18H,8-9,11-12H2,1-4H3,(H,22,25)(H,23,26)/t17-,18-/m1/s1.